The Morgan fingerprint density at radius 2 is 2.20 bits per heavy atom. The van der Waals surface area contributed by atoms with Gasteiger partial charge in [-0.2, -0.15) is 0 Å². The van der Waals surface area contributed by atoms with Crippen LogP contribution in [0.1, 0.15) is 11.1 Å². The van der Waals surface area contributed by atoms with Crippen molar-refractivity contribution in [3.8, 4) is 0 Å². The second kappa shape index (κ2) is 6.21. The number of benzene rings is 1. The Morgan fingerprint density at radius 3 is 2.95 bits per heavy atom. The van der Waals surface area contributed by atoms with Gasteiger partial charge in [-0.1, -0.05) is 22.8 Å². The van der Waals surface area contributed by atoms with Crippen molar-refractivity contribution in [1.29, 1.82) is 0 Å². The number of aryl methyl sites for hydroxylation is 1. The Labute approximate surface area is 121 Å². The Hall–Kier alpha value is -2.34. The van der Waals surface area contributed by atoms with Crippen LogP contribution in [0, 0.1) is 6.92 Å². The summed E-state index contributed by atoms with van der Waals surface area (Å²) in [5.74, 6) is 0.839. The second-order valence-electron chi connectivity index (χ2n) is 4.02. The fourth-order valence-electron chi connectivity index (χ4n) is 1.60. The number of aromatic nitrogens is 2. The van der Waals surface area contributed by atoms with Gasteiger partial charge in [0.2, 0.25) is 0 Å². The first-order chi connectivity index (χ1) is 9.61. The van der Waals surface area contributed by atoms with Gasteiger partial charge in [0.15, 0.2) is 0 Å². The molecule has 0 radical (unpaired) electrons. The fourth-order valence-corrected chi connectivity index (χ4v) is 1.77. The van der Waals surface area contributed by atoms with Crippen LogP contribution in [0.25, 0.3) is 0 Å². The van der Waals surface area contributed by atoms with E-state index in [4.69, 9.17) is 17.3 Å². The zero-order chi connectivity index (χ0) is 14.5. The van der Waals surface area contributed by atoms with Crippen molar-refractivity contribution < 1.29 is 4.84 Å². The predicted molar refractivity (Wildman–Crippen MR) is 80.5 cm³/mol. The minimum absolute atomic E-state index is 0.308. The summed E-state index contributed by atoms with van der Waals surface area (Å²) in [6.45, 7) is 1.96. The number of hydrogen-bond acceptors (Lipinski definition) is 6. The highest BCUT2D eigenvalue weighted by Crippen LogP contribution is 2.25. The minimum Gasteiger partial charge on any atom is -0.399 e. The van der Waals surface area contributed by atoms with Gasteiger partial charge >= 0.3 is 0 Å². The maximum atomic E-state index is 5.99. The molecule has 0 saturated heterocycles. The number of oxime groups is 1. The molecule has 1 aromatic heterocycles. The molecule has 0 unspecified atom stereocenters. The number of rotatable bonds is 4. The summed E-state index contributed by atoms with van der Waals surface area (Å²) in [7, 11) is 1.45. The van der Waals surface area contributed by atoms with Crippen molar-refractivity contribution in [2.45, 2.75) is 6.92 Å². The zero-order valence-electron chi connectivity index (χ0n) is 11.1. The predicted octanol–water partition coefficient (Wildman–Crippen LogP) is 2.74. The number of anilines is 3. The smallest absolute Gasteiger partial charge is 0.144 e. The number of halogens is 1. The van der Waals surface area contributed by atoms with Gasteiger partial charge in [0.1, 0.15) is 25.1 Å². The van der Waals surface area contributed by atoms with Crippen LogP contribution in [0.15, 0.2) is 29.7 Å². The Kier molecular flexibility index (Phi) is 4.37. The molecule has 0 spiro atoms. The molecule has 0 saturated carbocycles. The number of nitrogens with two attached hydrogens (primary N) is 1. The van der Waals surface area contributed by atoms with E-state index < -0.39 is 0 Å². The summed E-state index contributed by atoms with van der Waals surface area (Å²) in [6.07, 6.45) is 2.83. The molecule has 20 heavy (non-hydrogen) atoms. The molecule has 104 valence electrons. The lowest BCUT2D eigenvalue weighted by molar-refractivity contribution is 0.215. The van der Waals surface area contributed by atoms with E-state index in [0.717, 1.165) is 11.3 Å². The van der Waals surface area contributed by atoms with Gasteiger partial charge in [-0.15, -0.1) is 0 Å². The van der Waals surface area contributed by atoms with Crippen molar-refractivity contribution in [2.24, 2.45) is 5.16 Å². The molecule has 1 heterocycles. The fraction of sp³-hybridized carbons (Fsp3) is 0.154. The Balaban J connectivity index is 2.40. The lowest BCUT2D eigenvalue weighted by atomic mass is 10.2. The van der Waals surface area contributed by atoms with Crippen molar-refractivity contribution >= 4 is 35.1 Å². The first-order valence-corrected chi connectivity index (χ1v) is 6.19. The third-order valence-corrected chi connectivity index (χ3v) is 2.89. The average Bonchev–Trinajstić information content (AvgIpc) is 2.42. The molecule has 0 aliphatic heterocycles. The monoisotopic (exact) mass is 291 g/mol. The van der Waals surface area contributed by atoms with Crippen molar-refractivity contribution in [2.75, 3.05) is 18.2 Å². The number of nitrogen functional groups attached to an aromatic ring is 1. The van der Waals surface area contributed by atoms with Gasteiger partial charge in [0.05, 0.1) is 11.8 Å². The van der Waals surface area contributed by atoms with Crippen LogP contribution >= 0.6 is 11.6 Å². The van der Waals surface area contributed by atoms with E-state index in [1.807, 2.05) is 25.1 Å². The summed E-state index contributed by atoms with van der Waals surface area (Å²) in [5.41, 5.74) is 8.23. The molecule has 0 fully saturated rings. The van der Waals surface area contributed by atoms with E-state index in [0.29, 0.717) is 22.2 Å². The Bertz CT molecular complexity index is 645. The summed E-state index contributed by atoms with van der Waals surface area (Å²) >= 11 is 5.99. The minimum atomic E-state index is 0.308. The van der Waals surface area contributed by atoms with Crippen LogP contribution in [0.5, 0.6) is 0 Å². The molecule has 0 aliphatic carbocycles. The summed E-state index contributed by atoms with van der Waals surface area (Å²) < 4.78 is 0. The quantitative estimate of drug-likeness (QED) is 0.668. The average molecular weight is 292 g/mol. The topological polar surface area (TPSA) is 85.4 Å². The molecule has 1 aromatic carbocycles. The standard InChI is InChI=1S/C13H14ClN5O/c1-8-3-4-9(14)5-11(8)19-13-10(6-18-20-2)12(15)16-7-17-13/h3-7H,1-2H3,(H3,15,16,17,19). The molecule has 0 amide bonds. The molecule has 6 nitrogen and oxygen atoms in total. The normalized spacial score (nSPS) is 10.8. The van der Waals surface area contributed by atoms with Crippen LogP contribution in [0.3, 0.4) is 0 Å². The highest BCUT2D eigenvalue weighted by molar-refractivity contribution is 6.30. The first-order valence-electron chi connectivity index (χ1n) is 5.82. The highest BCUT2D eigenvalue weighted by Gasteiger charge is 2.09. The Morgan fingerprint density at radius 1 is 1.40 bits per heavy atom. The maximum absolute atomic E-state index is 5.99. The van der Waals surface area contributed by atoms with E-state index >= 15 is 0 Å². The van der Waals surface area contributed by atoms with E-state index in [2.05, 4.69) is 25.3 Å². The molecule has 7 heteroatoms. The third-order valence-electron chi connectivity index (χ3n) is 2.65. The third kappa shape index (κ3) is 3.16. The zero-order valence-corrected chi connectivity index (χ0v) is 11.8. The van der Waals surface area contributed by atoms with Crippen LogP contribution in [0.2, 0.25) is 5.02 Å². The molecule has 0 aliphatic rings. The molecule has 0 bridgehead atoms. The number of nitrogens with zero attached hydrogens (tertiary/aromatic N) is 3. The van der Waals surface area contributed by atoms with Crippen molar-refractivity contribution in [1.82, 2.24) is 9.97 Å². The maximum Gasteiger partial charge on any atom is 0.144 e. The molecule has 2 aromatic rings. The lowest BCUT2D eigenvalue weighted by Crippen LogP contribution is -2.05. The van der Waals surface area contributed by atoms with Gasteiger partial charge < -0.3 is 15.9 Å². The largest absolute Gasteiger partial charge is 0.399 e. The lowest BCUT2D eigenvalue weighted by Gasteiger charge is -2.11. The van der Waals surface area contributed by atoms with Crippen LogP contribution < -0.4 is 11.1 Å². The van der Waals surface area contributed by atoms with Gasteiger partial charge in [-0.3, -0.25) is 0 Å². The SMILES string of the molecule is CON=Cc1c(N)ncnc1Nc1cc(Cl)ccc1C. The summed E-state index contributed by atoms with van der Waals surface area (Å²) in [6, 6.07) is 5.55. The van der Waals surface area contributed by atoms with E-state index in [-0.39, 0.29) is 0 Å². The van der Waals surface area contributed by atoms with E-state index in [1.165, 1.54) is 19.7 Å². The summed E-state index contributed by atoms with van der Waals surface area (Å²) in [5, 5.41) is 7.49. The first kappa shape index (κ1) is 14.1. The van der Waals surface area contributed by atoms with Crippen LogP contribution in [0.4, 0.5) is 17.3 Å². The second-order valence-corrected chi connectivity index (χ2v) is 4.46. The van der Waals surface area contributed by atoms with E-state index in [9.17, 15) is 0 Å². The van der Waals surface area contributed by atoms with Gasteiger partial charge in [-0.25, -0.2) is 9.97 Å². The van der Waals surface area contributed by atoms with Crippen molar-refractivity contribution in [3.63, 3.8) is 0 Å². The van der Waals surface area contributed by atoms with Gasteiger partial charge in [-0.05, 0) is 24.6 Å². The van der Waals surface area contributed by atoms with Crippen LogP contribution in [-0.2, 0) is 4.84 Å². The summed E-state index contributed by atoms with van der Waals surface area (Å²) in [4.78, 5) is 12.8. The van der Waals surface area contributed by atoms with Crippen LogP contribution in [-0.4, -0.2) is 23.3 Å². The molecule has 2 rings (SSSR count). The molecule has 3 N–H and O–H groups in total. The number of nitrogens with one attached hydrogen (secondary N) is 1. The highest BCUT2D eigenvalue weighted by atomic mass is 35.5. The molecular weight excluding hydrogens is 278 g/mol. The van der Waals surface area contributed by atoms with Crippen molar-refractivity contribution in [3.05, 3.63) is 40.7 Å². The number of hydrogen-bond donors (Lipinski definition) is 2. The molecular formula is C13H14ClN5O. The van der Waals surface area contributed by atoms with Gasteiger partial charge in [0, 0.05) is 10.7 Å². The van der Waals surface area contributed by atoms with E-state index in [1.54, 1.807) is 0 Å². The molecule has 0 atom stereocenters. The van der Waals surface area contributed by atoms with Gasteiger partial charge in [0.25, 0.3) is 0 Å².